The van der Waals surface area contributed by atoms with Crippen LogP contribution < -0.4 is 5.73 Å². The molecule has 4 heteroatoms. The third-order valence-electron chi connectivity index (χ3n) is 5.29. The number of rotatable bonds is 2. The number of aryl methyl sites for hydroxylation is 1. The smallest absolute Gasteiger partial charge is 0.0705 e. The number of fused-ring (bicyclic) bond motifs is 2. The summed E-state index contributed by atoms with van der Waals surface area (Å²) in [6.07, 6.45) is 2.55. The van der Waals surface area contributed by atoms with Crippen molar-refractivity contribution in [3.05, 3.63) is 41.6 Å². The first-order chi connectivity index (χ1) is 10.2. The largest absolute Gasteiger partial charge is 0.327 e. The lowest BCUT2D eigenvalue weighted by Crippen LogP contribution is -2.30. The summed E-state index contributed by atoms with van der Waals surface area (Å²) >= 11 is 0. The second-order valence-corrected chi connectivity index (χ2v) is 6.84. The summed E-state index contributed by atoms with van der Waals surface area (Å²) in [5, 5.41) is 1.24. The number of likely N-dealkylation sites (tertiary alicyclic amines) is 1. The van der Waals surface area contributed by atoms with Gasteiger partial charge < -0.3 is 5.73 Å². The molecule has 3 nitrogen and oxygen atoms in total. The fraction of sp³-hybridized carbons (Fsp3) is 0.500. The zero-order chi connectivity index (χ0) is 14.4. The average Bonchev–Trinajstić information content (AvgIpc) is 3.01. The molecule has 2 aliphatic rings. The van der Waals surface area contributed by atoms with Crippen LogP contribution in [0.25, 0.3) is 10.9 Å². The number of pyridine rings is 1. The molecule has 0 radical (unpaired) electrons. The Kier molecular flexibility index (Phi) is 4.40. The molecule has 2 N–H and O–H groups in total. The van der Waals surface area contributed by atoms with Crippen molar-refractivity contribution in [2.75, 3.05) is 13.1 Å². The van der Waals surface area contributed by atoms with E-state index in [4.69, 9.17) is 5.73 Å². The molecule has 3 atom stereocenters. The number of aromatic nitrogens is 1. The summed E-state index contributed by atoms with van der Waals surface area (Å²) in [6.45, 7) is 5.49. The van der Waals surface area contributed by atoms with Gasteiger partial charge in [-0.1, -0.05) is 12.1 Å². The third-order valence-corrected chi connectivity index (χ3v) is 5.29. The van der Waals surface area contributed by atoms with E-state index in [1.807, 2.05) is 6.92 Å². The average molecular weight is 318 g/mol. The Morgan fingerprint density at radius 2 is 2.05 bits per heavy atom. The van der Waals surface area contributed by atoms with Crippen molar-refractivity contribution in [1.82, 2.24) is 9.88 Å². The minimum atomic E-state index is 0. The number of hydrogen-bond acceptors (Lipinski definition) is 3. The molecule has 1 aliphatic carbocycles. The normalized spacial score (nSPS) is 27.8. The molecule has 4 rings (SSSR count). The highest BCUT2D eigenvalue weighted by Crippen LogP contribution is 2.37. The van der Waals surface area contributed by atoms with E-state index in [1.54, 1.807) is 0 Å². The van der Waals surface area contributed by atoms with Crippen LogP contribution in [-0.2, 0) is 6.54 Å². The van der Waals surface area contributed by atoms with Gasteiger partial charge >= 0.3 is 0 Å². The van der Waals surface area contributed by atoms with Crippen molar-refractivity contribution in [3.8, 4) is 0 Å². The van der Waals surface area contributed by atoms with Gasteiger partial charge in [0.1, 0.15) is 0 Å². The lowest BCUT2D eigenvalue weighted by atomic mass is 9.98. The van der Waals surface area contributed by atoms with Crippen molar-refractivity contribution in [1.29, 1.82) is 0 Å². The van der Waals surface area contributed by atoms with Gasteiger partial charge in [0.15, 0.2) is 0 Å². The fourth-order valence-electron chi connectivity index (χ4n) is 4.16. The molecule has 0 bridgehead atoms. The molecule has 22 heavy (non-hydrogen) atoms. The van der Waals surface area contributed by atoms with Crippen molar-refractivity contribution >= 4 is 23.3 Å². The Morgan fingerprint density at radius 1 is 1.18 bits per heavy atom. The van der Waals surface area contributed by atoms with E-state index in [2.05, 4.69) is 40.2 Å². The topological polar surface area (TPSA) is 42.1 Å². The van der Waals surface area contributed by atoms with Gasteiger partial charge in [0.2, 0.25) is 0 Å². The summed E-state index contributed by atoms with van der Waals surface area (Å²) < 4.78 is 0. The first-order valence-corrected chi connectivity index (χ1v) is 8.03. The monoisotopic (exact) mass is 317 g/mol. The Hall–Kier alpha value is -1.16. The lowest BCUT2D eigenvalue weighted by Gasteiger charge is -2.18. The van der Waals surface area contributed by atoms with Crippen LogP contribution in [0.2, 0.25) is 0 Å². The standard InChI is InChI=1S/C18H23N3.ClH/c1-12-2-4-14-8-13(3-7-18(14)20-12)9-21-10-15-5-6-17(19)16(15)11-21;/h2-4,7-8,15-17H,5-6,9-11,19H2,1H3;1H. The van der Waals surface area contributed by atoms with E-state index in [1.165, 1.54) is 36.9 Å². The minimum absolute atomic E-state index is 0. The third kappa shape index (κ3) is 2.85. The van der Waals surface area contributed by atoms with Crippen LogP contribution in [0.5, 0.6) is 0 Å². The molecule has 3 unspecified atom stereocenters. The maximum Gasteiger partial charge on any atom is 0.0705 e. The zero-order valence-electron chi connectivity index (χ0n) is 13.0. The van der Waals surface area contributed by atoms with Crippen LogP contribution in [-0.4, -0.2) is 29.0 Å². The van der Waals surface area contributed by atoms with E-state index in [0.29, 0.717) is 6.04 Å². The SMILES string of the molecule is Cc1ccc2cc(CN3CC4CCC(N)C4C3)ccc2n1.Cl. The van der Waals surface area contributed by atoms with Crippen LogP contribution >= 0.6 is 12.4 Å². The molecule has 1 aliphatic heterocycles. The van der Waals surface area contributed by atoms with Gasteiger partial charge in [0.25, 0.3) is 0 Å². The maximum atomic E-state index is 6.23. The predicted octanol–water partition coefficient (Wildman–Crippen LogP) is 3.13. The van der Waals surface area contributed by atoms with Gasteiger partial charge in [-0.15, -0.1) is 12.4 Å². The Morgan fingerprint density at radius 3 is 2.86 bits per heavy atom. The van der Waals surface area contributed by atoms with E-state index in [0.717, 1.165) is 29.6 Å². The highest BCUT2D eigenvalue weighted by atomic mass is 35.5. The van der Waals surface area contributed by atoms with Gasteiger partial charge in [-0.2, -0.15) is 0 Å². The first-order valence-electron chi connectivity index (χ1n) is 8.03. The second kappa shape index (κ2) is 6.15. The molecule has 1 saturated heterocycles. The van der Waals surface area contributed by atoms with Gasteiger partial charge in [-0.3, -0.25) is 9.88 Å². The quantitative estimate of drug-likeness (QED) is 0.925. The number of hydrogen-bond donors (Lipinski definition) is 1. The molecular formula is C18H24ClN3. The Labute approximate surface area is 138 Å². The number of nitrogens with zero attached hydrogens (tertiary/aromatic N) is 2. The summed E-state index contributed by atoms with van der Waals surface area (Å²) in [5.74, 6) is 1.57. The number of benzene rings is 1. The zero-order valence-corrected chi connectivity index (χ0v) is 13.9. The van der Waals surface area contributed by atoms with Crippen molar-refractivity contribution < 1.29 is 0 Å². The number of nitrogens with two attached hydrogens (primary N) is 1. The molecule has 1 aromatic carbocycles. The lowest BCUT2D eigenvalue weighted by molar-refractivity contribution is 0.298. The summed E-state index contributed by atoms with van der Waals surface area (Å²) in [7, 11) is 0. The highest BCUT2D eigenvalue weighted by molar-refractivity contribution is 5.85. The van der Waals surface area contributed by atoms with Crippen LogP contribution in [0.15, 0.2) is 30.3 Å². The second-order valence-electron chi connectivity index (χ2n) is 6.84. The molecule has 118 valence electrons. The van der Waals surface area contributed by atoms with Crippen LogP contribution in [0.1, 0.15) is 24.1 Å². The maximum absolute atomic E-state index is 6.23. The molecule has 2 aromatic rings. The molecular weight excluding hydrogens is 294 g/mol. The van der Waals surface area contributed by atoms with E-state index in [-0.39, 0.29) is 12.4 Å². The van der Waals surface area contributed by atoms with Crippen molar-refractivity contribution in [3.63, 3.8) is 0 Å². The summed E-state index contributed by atoms with van der Waals surface area (Å²) in [6, 6.07) is 11.4. The van der Waals surface area contributed by atoms with Crippen molar-refractivity contribution in [2.45, 2.75) is 32.4 Å². The molecule has 1 saturated carbocycles. The van der Waals surface area contributed by atoms with Gasteiger partial charge in [-0.05, 0) is 55.4 Å². The molecule has 2 heterocycles. The Bertz CT molecular complexity index is 672. The van der Waals surface area contributed by atoms with Gasteiger partial charge in [-0.25, -0.2) is 0 Å². The van der Waals surface area contributed by atoms with Crippen molar-refractivity contribution in [2.24, 2.45) is 17.6 Å². The van der Waals surface area contributed by atoms with Crippen LogP contribution in [0.3, 0.4) is 0 Å². The summed E-state index contributed by atoms with van der Waals surface area (Å²) in [5.41, 5.74) is 9.80. The first kappa shape index (κ1) is 15.7. The van der Waals surface area contributed by atoms with Crippen LogP contribution in [0.4, 0.5) is 0 Å². The molecule has 1 aromatic heterocycles. The fourth-order valence-corrected chi connectivity index (χ4v) is 4.16. The van der Waals surface area contributed by atoms with E-state index in [9.17, 15) is 0 Å². The predicted molar refractivity (Wildman–Crippen MR) is 93.2 cm³/mol. The number of halogens is 1. The van der Waals surface area contributed by atoms with Gasteiger partial charge in [0, 0.05) is 36.8 Å². The highest BCUT2D eigenvalue weighted by Gasteiger charge is 2.40. The summed E-state index contributed by atoms with van der Waals surface area (Å²) in [4.78, 5) is 7.16. The van der Waals surface area contributed by atoms with Crippen LogP contribution in [0, 0.1) is 18.8 Å². The minimum Gasteiger partial charge on any atom is -0.327 e. The Balaban J connectivity index is 0.00000144. The van der Waals surface area contributed by atoms with Gasteiger partial charge in [0.05, 0.1) is 5.52 Å². The van der Waals surface area contributed by atoms with E-state index >= 15 is 0 Å². The molecule has 0 spiro atoms. The van der Waals surface area contributed by atoms with E-state index < -0.39 is 0 Å². The molecule has 2 fully saturated rings. The molecule has 0 amide bonds.